The highest BCUT2D eigenvalue weighted by Gasteiger charge is 2.47. The van der Waals surface area contributed by atoms with Gasteiger partial charge >= 0.3 is 11.9 Å². The zero-order valence-electron chi connectivity index (χ0n) is 45.4. The van der Waals surface area contributed by atoms with Crippen LogP contribution >= 0.6 is 0 Å². The van der Waals surface area contributed by atoms with E-state index < -0.39 is 92.7 Å². The third kappa shape index (κ3) is 31.5. The van der Waals surface area contributed by atoms with Gasteiger partial charge in [-0.15, -0.1) is 0 Å². The molecule has 72 heavy (non-hydrogen) atoms. The van der Waals surface area contributed by atoms with Crippen LogP contribution in [0.15, 0.2) is 0 Å². The highest BCUT2D eigenvalue weighted by Crippen LogP contribution is 2.27. The molecule has 0 aromatic heterocycles. The molecule has 0 aromatic rings. The molecule has 2 rings (SSSR count). The first-order valence-corrected chi connectivity index (χ1v) is 29.6. The Balaban J connectivity index is 1.74. The standard InChI is InChI=1S/C57H108O15/c1-3-5-7-9-11-13-15-17-19-21-22-24-25-27-29-31-33-35-37-39-48(59)67-42-45(70-49(60)40-38-36-34-32-30-28-26-23-20-18-16-14-12-10-8-6-4-2)43-68-56-55(66)53(64)51(62)47(72-56)44-69-57-54(65)52(63)50(61)46(41-58)71-57/h45-47,50-58,61-66H,3-44H2,1-2H3/t45-,46+,47+,50-,51-,52?,53?,54?,55?,56+,57+/m0/s1. The molecule has 2 aliphatic heterocycles. The second-order valence-electron chi connectivity index (χ2n) is 21.2. The molecule has 2 heterocycles. The van der Waals surface area contributed by atoms with Gasteiger partial charge in [0.15, 0.2) is 18.7 Å². The summed E-state index contributed by atoms with van der Waals surface area (Å²) in [6.45, 7) is 2.66. The van der Waals surface area contributed by atoms with E-state index in [4.69, 9.17) is 28.4 Å². The Kier molecular flexibility index (Phi) is 41.3. The zero-order chi connectivity index (χ0) is 52.4. The summed E-state index contributed by atoms with van der Waals surface area (Å²) in [6.07, 6.45) is 28.3. The monoisotopic (exact) mass is 1030 g/mol. The number of hydrogen-bond acceptors (Lipinski definition) is 15. The van der Waals surface area contributed by atoms with Gasteiger partial charge in [-0.25, -0.2) is 0 Å². The van der Waals surface area contributed by atoms with Gasteiger partial charge in [-0.2, -0.15) is 0 Å². The average molecular weight is 1030 g/mol. The average Bonchev–Trinajstić information content (AvgIpc) is 3.37. The number of hydrogen-bond donors (Lipinski definition) is 7. The molecule has 15 nitrogen and oxygen atoms in total. The molecule has 2 saturated heterocycles. The van der Waals surface area contributed by atoms with E-state index >= 15 is 0 Å². The maximum absolute atomic E-state index is 13.1. The number of esters is 2. The van der Waals surface area contributed by atoms with Gasteiger partial charge in [-0.05, 0) is 12.8 Å². The lowest BCUT2D eigenvalue weighted by atomic mass is 9.98. The maximum atomic E-state index is 13.1. The summed E-state index contributed by atoms with van der Waals surface area (Å²) in [5, 5.41) is 72.3. The Bertz CT molecular complexity index is 1260. The molecular formula is C57H108O15. The number of rotatable bonds is 48. The van der Waals surface area contributed by atoms with E-state index in [1.165, 1.54) is 180 Å². The van der Waals surface area contributed by atoms with Crippen molar-refractivity contribution in [2.24, 2.45) is 0 Å². The lowest BCUT2D eigenvalue weighted by Gasteiger charge is -2.42. The van der Waals surface area contributed by atoms with E-state index in [1.807, 2.05) is 0 Å². The summed E-state index contributed by atoms with van der Waals surface area (Å²) in [6, 6.07) is 0. The third-order valence-electron chi connectivity index (χ3n) is 14.6. The van der Waals surface area contributed by atoms with Crippen LogP contribution in [0.1, 0.15) is 258 Å². The second-order valence-corrected chi connectivity index (χ2v) is 21.2. The highest BCUT2D eigenvalue weighted by molar-refractivity contribution is 5.70. The molecule has 0 bridgehead atoms. The summed E-state index contributed by atoms with van der Waals surface area (Å²) < 4.78 is 33.7. The summed E-state index contributed by atoms with van der Waals surface area (Å²) in [4.78, 5) is 25.9. The Morgan fingerprint density at radius 3 is 1.08 bits per heavy atom. The highest BCUT2D eigenvalue weighted by atomic mass is 16.7. The van der Waals surface area contributed by atoms with Crippen molar-refractivity contribution in [3.63, 3.8) is 0 Å². The van der Waals surface area contributed by atoms with Crippen LogP contribution in [0, 0.1) is 0 Å². The molecule has 4 unspecified atom stereocenters. The zero-order valence-corrected chi connectivity index (χ0v) is 45.4. The topological polar surface area (TPSA) is 231 Å². The van der Waals surface area contributed by atoms with Crippen molar-refractivity contribution >= 4 is 11.9 Å². The Morgan fingerprint density at radius 2 is 0.708 bits per heavy atom. The largest absolute Gasteiger partial charge is 0.462 e. The van der Waals surface area contributed by atoms with Crippen LogP contribution < -0.4 is 0 Å². The molecule has 7 N–H and O–H groups in total. The second kappa shape index (κ2) is 44.6. The Labute approximate surface area is 436 Å². The van der Waals surface area contributed by atoms with Crippen molar-refractivity contribution in [1.82, 2.24) is 0 Å². The quantitative estimate of drug-likeness (QED) is 0.0222. The van der Waals surface area contributed by atoms with Crippen LogP contribution in [0.25, 0.3) is 0 Å². The molecule has 0 aliphatic carbocycles. The first-order valence-electron chi connectivity index (χ1n) is 29.6. The number of carbonyl (C=O) groups is 2. The van der Waals surface area contributed by atoms with Crippen LogP contribution in [-0.2, 0) is 38.0 Å². The van der Waals surface area contributed by atoms with E-state index in [9.17, 15) is 45.3 Å². The fraction of sp³-hybridized carbons (Fsp3) is 0.965. The number of unbranched alkanes of at least 4 members (excludes halogenated alkanes) is 34. The van der Waals surface area contributed by atoms with Crippen LogP contribution in [-0.4, -0.2) is 142 Å². The van der Waals surface area contributed by atoms with Crippen molar-refractivity contribution in [3.8, 4) is 0 Å². The number of ether oxygens (including phenoxy) is 6. The van der Waals surface area contributed by atoms with Crippen molar-refractivity contribution in [2.75, 3.05) is 26.4 Å². The molecule has 0 amide bonds. The summed E-state index contributed by atoms with van der Waals surface area (Å²) in [7, 11) is 0. The first-order chi connectivity index (χ1) is 35.0. The van der Waals surface area contributed by atoms with Gasteiger partial charge in [-0.1, -0.05) is 232 Å². The molecule has 0 spiro atoms. The van der Waals surface area contributed by atoms with Crippen LogP contribution in [0.3, 0.4) is 0 Å². The predicted octanol–water partition coefficient (Wildman–Crippen LogP) is 9.95. The molecule has 426 valence electrons. The van der Waals surface area contributed by atoms with Gasteiger partial charge in [0.2, 0.25) is 0 Å². The molecule has 2 fully saturated rings. The fourth-order valence-electron chi connectivity index (χ4n) is 9.75. The smallest absolute Gasteiger partial charge is 0.306 e. The van der Waals surface area contributed by atoms with E-state index in [-0.39, 0.29) is 26.1 Å². The molecule has 11 atom stereocenters. The SMILES string of the molecule is CCCCCCCCCCCCCCCCCCCCCC(=O)OC[C@@H](CO[C@@H]1O[C@H](CO[C@@H]2O[C@H](CO)[C@H](O)C(O)C2O)[C@H](O)C(O)C1O)OC(=O)CCCCCCCCCCCCCCCCCCC. The number of carbonyl (C=O) groups excluding carboxylic acids is 2. The molecule has 0 aromatic carbocycles. The third-order valence-corrected chi connectivity index (χ3v) is 14.6. The fourth-order valence-corrected chi connectivity index (χ4v) is 9.75. The van der Waals surface area contributed by atoms with Gasteiger partial charge in [0.05, 0.1) is 19.8 Å². The summed E-state index contributed by atoms with van der Waals surface area (Å²) in [5.41, 5.74) is 0. The lowest BCUT2D eigenvalue weighted by molar-refractivity contribution is -0.332. The number of aliphatic hydroxyl groups excluding tert-OH is 7. The minimum absolute atomic E-state index is 0.174. The minimum Gasteiger partial charge on any atom is -0.462 e. The first kappa shape index (κ1) is 66.6. The van der Waals surface area contributed by atoms with Crippen LogP contribution in [0.5, 0.6) is 0 Å². The van der Waals surface area contributed by atoms with Gasteiger partial charge in [-0.3, -0.25) is 9.59 Å². The maximum Gasteiger partial charge on any atom is 0.306 e. The molecule has 0 radical (unpaired) electrons. The van der Waals surface area contributed by atoms with E-state index in [0.717, 1.165) is 38.5 Å². The normalized spacial score (nSPS) is 24.9. The molecular weight excluding hydrogens is 925 g/mol. The van der Waals surface area contributed by atoms with Crippen LogP contribution in [0.2, 0.25) is 0 Å². The van der Waals surface area contributed by atoms with Gasteiger partial charge in [0.1, 0.15) is 55.4 Å². The summed E-state index contributed by atoms with van der Waals surface area (Å²) in [5.74, 6) is -0.903. The number of aliphatic hydroxyl groups is 7. The Hall–Kier alpha value is -1.50. The lowest BCUT2D eigenvalue weighted by Crippen LogP contribution is -2.61. The van der Waals surface area contributed by atoms with Gasteiger partial charge in [0.25, 0.3) is 0 Å². The predicted molar refractivity (Wildman–Crippen MR) is 280 cm³/mol. The Morgan fingerprint density at radius 1 is 0.389 bits per heavy atom. The van der Waals surface area contributed by atoms with E-state index in [2.05, 4.69) is 13.8 Å². The van der Waals surface area contributed by atoms with Crippen molar-refractivity contribution in [3.05, 3.63) is 0 Å². The van der Waals surface area contributed by atoms with Crippen molar-refractivity contribution < 1.29 is 73.8 Å². The van der Waals surface area contributed by atoms with E-state index in [0.29, 0.717) is 12.8 Å². The van der Waals surface area contributed by atoms with Crippen LogP contribution in [0.4, 0.5) is 0 Å². The summed E-state index contributed by atoms with van der Waals surface area (Å²) >= 11 is 0. The molecule has 15 heteroatoms. The van der Waals surface area contributed by atoms with E-state index in [1.54, 1.807) is 0 Å². The minimum atomic E-state index is -1.76. The van der Waals surface area contributed by atoms with Gasteiger partial charge < -0.3 is 64.2 Å². The molecule has 0 saturated carbocycles. The van der Waals surface area contributed by atoms with Crippen molar-refractivity contribution in [1.29, 1.82) is 0 Å². The van der Waals surface area contributed by atoms with Gasteiger partial charge in [0, 0.05) is 12.8 Å². The molecule has 2 aliphatic rings. The van der Waals surface area contributed by atoms with Crippen molar-refractivity contribution in [2.45, 2.75) is 325 Å².